The highest BCUT2D eigenvalue weighted by atomic mass is 16.5. The van der Waals surface area contributed by atoms with E-state index in [0.717, 1.165) is 89.9 Å². The number of carbonyl (C=O) groups is 2. The summed E-state index contributed by atoms with van der Waals surface area (Å²) in [6.07, 6.45) is 63.1. The lowest BCUT2D eigenvalue weighted by atomic mass is 10.0. The average Bonchev–Trinajstić information content (AvgIpc) is 3.29. The van der Waals surface area contributed by atoms with Crippen molar-refractivity contribution in [2.75, 3.05) is 6.61 Å². The fourth-order valence-electron chi connectivity index (χ4n) is 8.37. The molecule has 0 aliphatic heterocycles. The van der Waals surface area contributed by atoms with Gasteiger partial charge in [0.25, 0.3) is 0 Å². The van der Waals surface area contributed by atoms with Crippen LogP contribution in [0.4, 0.5) is 0 Å². The summed E-state index contributed by atoms with van der Waals surface area (Å²) in [5, 5.41) is 23.8. The Morgan fingerprint density at radius 3 is 1.27 bits per heavy atom. The zero-order chi connectivity index (χ0) is 46.7. The fraction of sp³-hybridized carbons (Fsp3) is 0.828. The molecular weight excluding hydrogens is 791 g/mol. The van der Waals surface area contributed by atoms with Crippen molar-refractivity contribution in [3.05, 3.63) is 48.6 Å². The molecule has 0 aromatic carbocycles. The third kappa shape index (κ3) is 46.4. The van der Waals surface area contributed by atoms with E-state index in [2.05, 4.69) is 74.7 Å². The van der Waals surface area contributed by atoms with E-state index in [1.165, 1.54) is 148 Å². The summed E-state index contributed by atoms with van der Waals surface area (Å²) in [6, 6.07) is -0.709. The number of carbonyl (C=O) groups excluding carboxylic acids is 2. The number of hydrogen-bond acceptors (Lipinski definition) is 5. The number of rotatable bonds is 50. The van der Waals surface area contributed by atoms with E-state index in [1.807, 2.05) is 0 Å². The Balaban J connectivity index is 4.57. The van der Waals surface area contributed by atoms with Gasteiger partial charge in [-0.05, 0) is 89.9 Å². The molecule has 0 aromatic rings. The minimum Gasteiger partial charge on any atom is -0.462 e. The first kappa shape index (κ1) is 61.8. The van der Waals surface area contributed by atoms with Crippen molar-refractivity contribution in [1.82, 2.24) is 5.32 Å². The summed E-state index contributed by atoms with van der Waals surface area (Å²) in [6.45, 7) is 6.46. The molecule has 3 atom stereocenters. The smallest absolute Gasteiger partial charge is 0.306 e. The molecule has 374 valence electrons. The number of amides is 1. The van der Waals surface area contributed by atoms with Gasteiger partial charge in [0.1, 0.15) is 6.10 Å². The van der Waals surface area contributed by atoms with Crippen LogP contribution in [0, 0.1) is 0 Å². The van der Waals surface area contributed by atoms with Crippen molar-refractivity contribution >= 4 is 11.9 Å². The van der Waals surface area contributed by atoms with Gasteiger partial charge in [0.2, 0.25) is 5.91 Å². The molecule has 0 bridgehead atoms. The highest BCUT2D eigenvalue weighted by Crippen LogP contribution is 2.18. The molecule has 6 heteroatoms. The van der Waals surface area contributed by atoms with Gasteiger partial charge in [-0.2, -0.15) is 0 Å². The maximum absolute atomic E-state index is 13.2. The van der Waals surface area contributed by atoms with Crippen LogP contribution in [0.15, 0.2) is 48.6 Å². The second-order valence-electron chi connectivity index (χ2n) is 19.0. The summed E-state index contributed by atoms with van der Waals surface area (Å²) in [7, 11) is 0. The lowest BCUT2D eigenvalue weighted by Gasteiger charge is -2.24. The zero-order valence-corrected chi connectivity index (χ0v) is 42.7. The highest BCUT2D eigenvalue weighted by Gasteiger charge is 2.24. The Bertz CT molecular complexity index is 1100. The summed E-state index contributed by atoms with van der Waals surface area (Å²) < 4.78 is 5.94. The SMILES string of the molecule is CCCCC/C=C\C/C=C\C/C=C\CCCCCCC(=O)OC(CCCCCCC/C=C\CCCCCC)CC(=O)NC(CO)C(O)CCCCCCCCCCCCCCCCC. The Morgan fingerprint density at radius 1 is 0.453 bits per heavy atom. The van der Waals surface area contributed by atoms with Crippen molar-refractivity contribution in [2.45, 2.75) is 302 Å². The molecular formula is C58H107NO5. The van der Waals surface area contributed by atoms with Crippen LogP contribution in [0.2, 0.25) is 0 Å². The fourth-order valence-corrected chi connectivity index (χ4v) is 8.37. The number of nitrogens with one attached hydrogen (secondary N) is 1. The molecule has 0 heterocycles. The quantitative estimate of drug-likeness (QED) is 0.0321. The van der Waals surface area contributed by atoms with E-state index in [4.69, 9.17) is 4.74 Å². The third-order valence-electron chi connectivity index (χ3n) is 12.6. The second-order valence-corrected chi connectivity index (χ2v) is 19.0. The predicted octanol–water partition coefficient (Wildman–Crippen LogP) is 17.0. The molecule has 0 aromatic heterocycles. The van der Waals surface area contributed by atoms with Crippen molar-refractivity contribution in [1.29, 1.82) is 0 Å². The van der Waals surface area contributed by atoms with Crippen LogP contribution in [0.3, 0.4) is 0 Å². The Hall–Kier alpha value is -2.18. The van der Waals surface area contributed by atoms with Crippen molar-refractivity contribution in [3.63, 3.8) is 0 Å². The Labute approximate surface area is 397 Å². The van der Waals surface area contributed by atoms with Gasteiger partial charge in [0, 0.05) is 6.42 Å². The zero-order valence-electron chi connectivity index (χ0n) is 42.7. The largest absolute Gasteiger partial charge is 0.462 e. The molecule has 0 aliphatic carbocycles. The highest BCUT2D eigenvalue weighted by molar-refractivity contribution is 5.77. The van der Waals surface area contributed by atoms with Gasteiger partial charge >= 0.3 is 5.97 Å². The molecule has 0 fully saturated rings. The third-order valence-corrected chi connectivity index (χ3v) is 12.6. The number of aliphatic hydroxyl groups is 2. The molecule has 0 saturated heterocycles. The molecule has 1 amide bonds. The average molecular weight is 898 g/mol. The summed E-state index contributed by atoms with van der Waals surface area (Å²) in [5.41, 5.74) is 0. The first-order valence-corrected chi connectivity index (χ1v) is 27.9. The van der Waals surface area contributed by atoms with Crippen LogP contribution < -0.4 is 5.32 Å². The van der Waals surface area contributed by atoms with Crippen LogP contribution in [0.5, 0.6) is 0 Å². The maximum Gasteiger partial charge on any atom is 0.306 e. The molecule has 0 spiro atoms. The van der Waals surface area contributed by atoms with Crippen LogP contribution >= 0.6 is 0 Å². The van der Waals surface area contributed by atoms with E-state index < -0.39 is 18.2 Å². The van der Waals surface area contributed by atoms with Crippen LogP contribution in [-0.2, 0) is 14.3 Å². The van der Waals surface area contributed by atoms with Crippen LogP contribution in [0.1, 0.15) is 284 Å². The monoisotopic (exact) mass is 898 g/mol. The lowest BCUT2D eigenvalue weighted by molar-refractivity contribution is -0.151. The van der Waals surface area contributed by atoms with Crippen molar-refractivity contribution in [3.8, 4) is 0 Å². The number of esters is 1. The van der Waals surface area contributed by atoms with Crippen molar-refractivity contribution in [2.24, 2.45) is 0 Å². The number of allylic oxidation sites excluding steroid dienone is 8. The number of hydrogen-bond donors (Lipinski definition) is 3. The number of unbranched alkanes of at least 4 members (excludes halogenated alkanes) is 30. The molecule has 0 rings (SSSR count). The minimum atomic E-state index is -0.794. The Morgan fingerprint density at radius 2 is 0.797 bits per heavy atom. The lowest BCUT2D eigenvalue weighted by Crippen LogP contribution is -2.46. The predicted molar refractivity (Wildman–Crippen MR) is 278 cm³/mol. The van der Waals surface area contributed by atoms with Gasteiger partial charge in [-0.3, -0.25) is 9.59 Å². The normalized spacial score (nSPS) is 13.5. The van der Waals surface area contributed by atoms with Crippen LogP contribution in [-0.4, -0.2) is 46.9 Å². The minimum absolute atomic E-state index is 0.0637. The standard InChI is InChI=1S/C58H107NO5/c1-4-7-10-13-16-19-22-25-27-28-30-33-36-39-42-45-48-51-58(63)64-54(49-46-43-40-37-34-31-24-21-18-15-12-9-6-3)52-57(62)59-55(53-60)56(61)50-47-44-41-38-35-32-29-26-23-20-17-14-11-8-5-2/h16,19,21,24-25,27,30,33,54-56,60-61H,4-15,17-18,20,22-23,26,28-29,31-32,34-53H2,1-3H3,(H,59,62)/b19-16-,24-21-,27-25-,33-30-. The van der Waals surface area contributed by atoms with Gasteiger partial charge in [-0.1, -0.05) is 230 Å². The summed E-state index contributed by atoms with van der Waals surface area (Å²) >= 11 is 0. The molecule has 3 unspecified atom stereocenters. The maximum atomic E-state index is 13.2. The summed E-state index contributed by atoms with van der Waals surface area (Å²) in [5.74, 6) is -0.499. The van der Waals surface area contributed by atoms with Gasteiger partial charge in [0.05, 0.1) is 25.2 Å². The van der Waals surface area contributed by atoms with E-state index >= 15 is 0 Å². The topological polar surface area (TPSA) is 95.9 Å². The van der Waals surface area contributed by atoms with E-state index in [1.54, 1.807) is 0 Å². The molecule has 0 radical (unpaired) electrons. The first-order chi connectivity index (χ1) is 31.5. The first-order valence-electron chi connectivity index (χ1n) is 27.9. The molecule has 0 saturated carbocycles. The van der Waals surface area contributed by atoms with Gasteiger partial charge in [-0.25, -0.2) is 0 Å². The van der Waals surface area contributed by atoms with Crippen molar-refractivity contribution < 1.29 is 24.5 Å². The van der Waals surface area contributed by atoms with E-state index in [-0.39, 0.29) is 24.9 Å². The number of ether oxygens (including phenoxy) is 1. The van der Waals surface area contributed by atoms with Crippen LogP contribution in [0.25, 0.3) is 0 Å². The molecule has 64 heavy (non-hydrogen) atoms. The van der Waals surface area contributed by atoms with E-state index in [9.17, 15) is 19.8 Å². The Kier molecular flexibility index (Phi) is 50.0. The number of aliphatic hydroxyl groups excluding tert-OH is 2. The molecule has 0 aliphatic rings. The van der Waals surface area contributed by atoms with Gasteiger partial charge in [-0.15, -0.1) is 0 Å². The molecule has 3 N–H and O–H groups in total. The summed E-state index contributed by atoms with van der Waals surface area (Å²) in [4.78, 5) is 26.2. The van der Waals surface area contributed by atoms with E-state index in [0.29, 0.717) is 19.3 Å². The van der Waals surface area contributed by atoms with Gasteiger partial charge in [0.15, 0.2) is 0 Å². The second kappa shape index (κ2) is 51.8. The van der Waals surface area contributed by atoms with Gasteiger partial charge < -0.3 is 20.3 Å². The molecule has 6 nitrogen and oxygen atoms in total.